The molecule has 1 rings (SSSR count). The van der Waals surface area contributed by atoms with E-state index in [1.807, 2.05) is 6.92 Å². The minimum absolute atomic E-state index is 0.234. The molecule has 17 heavy (non-hydrogen) atoms. The Hall–Kier alpha value is -1.63. The molecule has 0 aliphatic rings. The van der Waals surface area contributed by atoms with Crippen LogP contribution >= 0.6 is 0 Å². The first-order chi connectivity index (χ1) is 8.30. The van der Waals surface area contributed by atoms with Crippen molar-refractivity contribution in [2.75, 3.05) is 39.3 Å². The molecule has 7 nitrogen and oxygen atoms in total. The maximum atomic E-state index is 5.38. The molecule has 1 aromatic rings. The van der Waals surface area contributed by atoms with Crippen molar-refractivity contribution in [3.8, 4) is 12.0 Å². The molecule has 7 heteroatoms. The van der Waals surface area contributed by atoms with Gasteiger partial charge >= 0.3 is 12.0 Å². The van der Waals surface area contributed by atoms with Crippen LogP contribution in [0.15, 0.2) is 0 Å². The number of hydrogen-bond donors (Lipinski definition) is 1. The van der Waals surface area contributed by atoms with Crippen molar-refractivity contribution in [2.45, 2.75) is 13.3 Å². The van der Waals surface area contributed by atoms with E-state index in [0.29, 0.717) is 19.2 Å². The van der Waals surface area contributed by atoms with Crippen LogP contribution in [0.4, 0.5) is 5.95 Å². The van der Waals surface area contributed by atoms with Crippen LogP contribution in [-0.4, -0.2) is 48.9 Å². The smallest absolute Gasteiger partial charge is 0.324 e. The summed E-state index contributed by atoms with van der Waals surface area (Å²) in [5.41, 5.74) is 0. The third kappa shape index (κ3) is 4.81. The Balaban J connectivity index is 2.59. The predicted molar refractivity (Wildman–Crippen MR) is 62.5 cm³/mol. The molecular formula is C10H18N4O3. The fourth-order valence-electron chi connectivity index (χ4n) is 1.10. The van der Waals surface area contributed by atoms with E-state index in [-0.39, 0.29) is 12.0 Å². The Kier molecular flexibility index (Phi) is 6.02. The topological polar surface area (TPSA) is 78.4 Å². The first kappa shape index (κ1) is 13.4. The Morgan fingerprint density at radius 3 is 2.47 bits per heavy atom. The van der Waals surface area contributed by atoms with Gasteiger partial charge in [-0.15, -0.1) is 4.98 Å². The summed E-state index contributed by atoms with van der Waals surface area (Å²) in [5, 5.41) is 2.98. The molecule has 0 unspecified atom stereocenters. The van der Waals surface area contributed by atoms with Gasteiger partial charge in [0.1, 0.15) is 0 Å². The molecule has 0 radical (unpaired) electrons. The molecule has 1 heterocycles. The van der Waals surface area contributed by atoms with Crippen LogP contribution in [0.2, 0.25) is 0 Å². The highest BCUT2D eigenvalue weighted by molar-refractivity contribution is 5.26. The van der Waals surface area contributed by atoms with Crippen molar-refractivity contribution in [1.29, 1.82) is 0 Å². The summed E-state index contributed by atoms with van der Waals surface area (Å²) in [6.45, 7) is 3.81. The summed E-state index contributed by atoms with van der Waals surface area (Å²) in [4.78, 5) is 12.1. The number of ether oxygens (including phenoxy) is 3. The van der Waals surface area contributed by atoms with E-state index in [1.54, 1.807) is 7.11 Å². The molecule has 96 valence electrons. The first-order valence-electron chi connectivity index (χ1n) is 5.45. The van der Waals surface area contributed by atoms with Crippen molar-refractivity contribution in [3.05, 3.63) is 0 Å². The second-order valence-corrected chi connectivity index (χ2v) is 3.15. The van der Waals surface area contributed by atoms with Gasteiger partial charge in [-0.2, -0.15) is 9.97 Å². The fraction of sp³-hybridized carbons (Fsp3) is 0.700. The van der Waals surface area contributed by atoms with Crippen LogP contribution in [-0.2, 0) is 4.74 Å². The number of hydrogen-bond acceptors (Lipinski definition) is 7. The zero-order chi connectivity index (χ0) is 12.5. The van der Waals surface area contributed by atoms with Gasteiger partial charge in [-0.1, -0.05) is 0 Å². The van der Waals surface area contributed by atoms with Crippen molar-refractivity contribution < 1.29 is 14.2 Å². The van der Waals surface area contributed by atoms with Gasteiger partial charge in [0.05, 0.1) is 13.7 Å². The molecule has 0 aromatic carbocycles. The summed E-state index contributed by atoms with van der Waals surface area (Å²) in [6.07, 6.45) is 0.779. The number of nitrogens with zero attached hydrogens (tertiary/aromatic N) is 3. The average Bonchev–Trinajstić information content (AvgIpc) is 2.35. The van der Waals surface area contributed by atoms with Crippen molar-refractivity contribution >= 4 is 5.95 Å². The van der Waals surface area contributed by atoms with Crippen LogP contribution < -0.4 is 14.8 Å². The van der Waals surface area contributed by atoms with Crippen molar-refractivity contribution in [1.82, 2.24) is 15.0 Å². The molecule has 0 fully saturated rings. The van der Waals surface area contributed by atoms with Crippen molar-refractivity contribution in [2.24, 2.45) is 0 Å². The zero-order valence-electron chi connectivity index (χ0n) is 10.4. The molecule has 0 aliphatic heterocycles. The molecule has 0 bridgehead atoms. The maximum Gasteiger partial charge on any atom is 0.324 e. The maximum absolute atomic E-state index is 5.38. The standard InChI is InChI=1S/C10H18N4O3/c1-4-11-8-12-9(16-3)14-10(13-8)17-7-5-6-15-2/h4-7H2,1-3H3,(H,11,12,13,14). The molecular weight excluding hydrogens is 224 g/mol. The number of rotatable bonds is 8. The Morgan fingerprint density at radius 2 is 1.82 bits per heavy atom. The van der Waals surface area contributed by atoms with E-state index in [9.17, 15) is 0 Å². The SMILES string of the molecule is CCNc1nc(OC)nc(OCCCOC)n1. The van der Waals surface area contributed by atoms with Gasteiger partial charge in [0.25, 0.3) is 0 Å². The highest BCUT2D eigenvalue weighted by Crippen LogP contribution is 2.12. The van der Waals surface area contributed by atoms with Crippen LogP contribution in [0.3, 0.4) is 0 Å². The normalized spacial score (nSPS) is 10.1. The molecule has 0 atom stereocenters. The monoisotopic (exact) mass is 242 g/mol. The zero-order valence-corrected chi connectivity index (χ0v) is 10.4. The van der Waals surface area contributed by atoms with Crippen LogP contribution in [0.5, 0.6) is 12.0 Å². The lowest BCUT2D eigenvalue weighted by Gasteiger charge is -2.07. The second-order valence-electron chi connectivity index (χ2n) is 3.15. The lowest BCUT2D eigenvalue weighted by Crippen LogP contribution is -2.09. The van der Waals surface area contributed by atoms with Crippen LogP contribution in [0, 0.1) is 0 Å². The van der Waals surface area contributed by atoms with Gasteiger partial charge in [0.2, 0.25) is 5.95 Å². The highest BCUT2D eigenvalue weighted by atomic mass is 16.5. The average molecular weight is 242 g/mol. The van der Waals surface area contributed by atoms with E-state index < -0.39 is 0 Å². The van der Waals surface area contributed by atoms with Gasteiger partial charge in [-0.3, -0.25) is 0 Å². The molecule has 0 spiro atoms. The highest BCUT2D eigenvalue weighted by Gasteiger charge is 2.06. The third-order valence-electron chi connectivity index (χ3n) is 1.84. The number of anilines is 1. The lowest BCUT2D eigenvalue weighted by molar-refractivity contribution is 0.168. The van der Waals surface area contributed by atoms with E-state index in [4.69, 9.17) is 14.2 Å². The fourth-order valence-corrected chi connectivity index (χ4v) is 1.10. The quantitative estimate of drug-likeness (QED) is 0.673. The van der Waals surface area contributed by atoms with Crippen molar-refractivity contribution in [3.63, 3.8) is 0 Å². The summed E-state index contributed by atoms with van der Waals surface area (Å²) in [6, 6.07) is 0.488. The van der Waals surface area contributed by atoms with Gasteiger partial charge < -0.3 is 19.5 Å². The minimum Gasteiger partial charge on any atom is -0.467 e. The van der Waals surface area contributed by atoms with Crippen LogP contribution in [0.1, 0.15) is 13.3 Å². The third-order valence-corrected chi connectivity index (χ3v) is 1.84. The molecule has 0 aliphatic carbocycles. The molecule has 1 aromatic heterocycles. The van der Waals surface area contributed by atoms with E-state index in [1.165, 1.54) is 7.11 Å². The van der Waals surface area contributed by atoms with E-state index in [2.05, 4.69) is 20.3 Å². The first-order valence-corrected chi connectivity index (χ1v) is 5.45. The predicted octanol–water partition coefficient (Wildman–Crippen LogP) is 0.727. The number of nitrogens with one attached hydrogen (secondary N) is 1. The van der Waals surface area contributed by atoms with E-state index in [0.717, 1.165) is 13.0 Å². The Morgan fingerprint density at radius 1 is 1.06 bits per heavy atom. The minimum atomic E-state index is 0.234. The van der Waals surface area contributed by atoms with Gasteiger partial charge in [-0.25, -0.2) is 0 Å². The molecule has 0 amide bonds. The summed E-state index contributed by atoms with van der Waals surface area (Å²) >= 11 is 0. The Bertz CT molecular complexity index is 335. The molecule has 0 saturated heterocycles. The molecule has 1 N–H and O–H groups in total. The summed E-state index contributed by atoms with van der Waals surface area (Å²) < 4.78 is 15.3. The van der Waals surface area contributed by atoms with Gasteiger partial charge in [0.15, 0.2) is 0 Å². The van der Waals surface area contributed by atoms with Gasteiger partial charge in [0, 0.05) is 26.7 Å². The lowest BCUT2D eigenvalue weighted by atomic mass is 10.5. The summed E-state index contributed by atoms with van der Waals surface area (Å²) in [7, 11) is 3.15. The Labute approximate surface area is 101 Å². The second kappa shape index (κ2) is 7.61. The summed E-state index contributed by atoms with van der Waals surface area (Å²) in [5.74, 6) is 0.445. The largest absolute Gasteiger partial charge is 0.467 e. The van der Waals surface area contributed by atoms with Gasteiger partial charge in [-0.05, 0) is 6.92 Å². The number of aromatic nitrogens is 3. The van der Waals surface area contributed by atoms with Crippen LogP contribution in [0.25, 0.3) is 0 Å². The van der Waals surface area contributed by atoms with E-state index >= 15 is 0 Å². The number of methoxy groups -OCH3 is 2. The molecule has 0 saturated carbocycles.